The second kappa shape index (κ2) is 13.8. The molecule has 2 aromatic heterocycles. The van der Waals surface area contributed by atoms with E-state index in [0.29, 0.717) is 35.9 Å². The van der Waals surface area contributed by atoms with Crippen LogP contribution in [0.25, 0.3) is 0 Å². The topological polar surface area (TPSA) is 121 Å². The van der Waals surface area contributed by atoms with E-state index >= 15 is 0 Å². The predicted octanol–water partition coefficient (Wildman–Crippen LogP) is 3.36. The minimum Gasteiger partial charge on any atom is -0.481 e. The number of hydrogen-bond acceptors (Lipinski definition) is 9. The average molecular weight is 575 g/mol. The first kappa shape index (κ1) is 29.6. The molecule has 41 heavy (non-hydrogen) atoms. The third-order valence-electron chi connectivity index (χ3n) is 6.47. The maximum atomic E-state index is 13.4. The number of aliphatic hydroxyl groups is 1. The van der Waals surface area contributed by atoms with Crippen LogP contribution in [-0.4, -0.2) is 76.7 Å². The Bertz CT molecular complexity index is 1460. The monoisotopic (exact) mass is 574 g/mol. The molecule has 0 aliphatic carbocycles. The van der Waals surface area contributed by atoms with Gasteiger partial charge in [0, 0.05) is 55.1 Å². The van der Waals surface area contributed by atoms with Crippen LogP contribution in [-0.2, 0) is 13.0 Å². The van der Waals surface area contributed by atoms with Gasteiger partial charge in [-0.25, -0.2) is 9.97 Å². The molecule has 0 saturated heterocycles. The van der Waals surface area contributed by atoms with Gasteiger partial charge in [0.15, 0.2) is 0 Å². The minimum absolute atomic E-state index is 0.157. The van der Waals surface area contributed by atoms with Gasteiger partial charge in [-0.05, 0) is 37.1 Å². The normalized spacial score (nSPS) is 12.3. The number of methoxy groups -OCH3 is 1. The second-order valence-electron chi connectivity index (χ2n) is 9.74. The summed E-state index contributed by atoms with van der Waals surface area (Å²) < 4.78 is 5.18. The number of aromatic nitrogens is 3. The van der Waals surface area contributed by atoms with Gasteiger partial charge in [0.05, 0.1) is 25.8 Å². The molecule has 11 heteroatoms. The van der Waals surface area contributed by atoms with E-state index in [9.17, 15) is 14.7 Å². The standard InChI is InChI=1S/C30H34N6O4S/c1-20-19-41-27(32-20)18-35(2)29(39)23-12-8-11-22(16-23)28(38)33-24(15-21-9-6-5-7-10-21)25(37)17-36(3)30-31-14-13-26(34-30)40-4/h5-14,16,19,24-25,37H,15,17-18H2,1-4H3,(H,33,38)/t24-,25+/m0/s1. The average Bonchev–Trinajstić information content (AvgIpc) is 3.40. The molecule has 0 unspecified atom stereocenters. The summed E-state index contributed by atoms with van der Waals surface area (Å²) in [5.74, 6) is 0.190. The van der Waals surface area contributed by atoms with Crippen molar-refractivity contribution in [3.63, 3.8) is 0 Å². The first-order valence-corrected chi connectivity index (χ1v) is 14.0. The molecular formula is C30H34N6O4S. The van der Waals surface area contributed by atoms with Gasteiger partial charge in [-0.1, -0.05) is 36.4 Å². The van der Waals surface area contributed by atoms with Gasteiger partial charge in [0.25, 0.3) is 11.8 Å². The Morgan fingerprint density at radius 2 is 1.80 bits per heavy atom. The van der Waals surface area contributed by atoms with Crippen LogP contribution in [0.5, 0.6) is 5.88 Å². The summed E-state index contributed by atoms with van der Waals surface area (Å²) in [5, 5.41) is 17.0. The molecule has 0 spiro atoms. The molecule has 0 saturated carbocycles. The molecule has 2 atom stereocenters. The number of amides is 2. The Morgan fingerprint density at radius 3 is 2.51 bits per heavy atom. The van der Waals surface area contributed by atoms with Gasteiger partial charge in [0.1, 0.15) is 5.01 Å². The molecular weight excluding hydrogens is 540 g/mol. The Balaban J connectivity index is 1.48. The van der Waals surface area contributed by atoms with E-state index < -0.39 is 18.1 Å². The zero-order valence-corrected chi connectivity index (χ0v) is 24.3. The van der Waals surface area contributed by atoms with E-state index in [1.54, 1.807) is 60.4 Å². The largest absolute Gasteiger partial charge is 0.481 e. The van der Waals surface area contributed by atoms with Crippen LogP contribution in [0.2, 0.25) is 0 Å². The van der Waals surface area contributed by atoms with E-state index in [1.807, 2.05) is 42.6 Å². The Morgan fingerprint density at radius 1 is 1.05 bits per heavy atom. The van der Waals surface area contributed by atoms with Gasteiger partial charge in [-0.3, -0.25) is 9.59 Å². The molecule has 0 fully saturated rings. The zero-order valence-electron chi connectivity index (χ0n) is 23.5. The molecule has 0 radical (unpaired) electrons. The molecule has 2 amide bonds. The number of ether oxygens (including phenoxy) is 1. The maximum absolute atomic E-state index is 13.4. The Hall–Kier alpha value is -4.35. The highest BCUT2D eigenvalue weighted by molar-refractivity contribution is 7.09. The fraction of sp³-hybridized carbons (Fsp3) is 0.300. The fourth-order valence-corrected chi connectivity index (χ4v) is 5.11. The number of aliphatic hydroxyl groups excluding tert-OH is 1. The van der Waals surface area contributed by atoms with Crippen molar-refractivity contribution in [3.8, 4) is 5.88 Å². The predicted molar refractivity (Wildman–Crippen MR) is 158 cm³/mol. The number of hydrogen-bond donors (Lipinski definition) is 2. The summed E-state index contributed by atoms with van der Waals surface area (Å²) in [6.07, 6.45) is 1.02. The number of benzene rings is 2. The smallest absolute Gasteiger partial charge is 0.253 e. The SMILES string of the molecule is COc1ccnc(N(C)C[C@@H](O)[C@H](Cc2ccccc2)NC(=O)c2cccc(C(=O)N(C)Cc3nc(C)cs3)c2)n1. The fourth-order valence-electron chi connectivity index (χ4n) is 4.29. The van der Waals surface area contributed by atoms with Crippen LogP contribution in [0, 0.1) is 6.92 Å². The summed E-state index contributed by atoms with van der Waals surface area (Å²) in [4.78, 5) is 42.8. The van der Waals surface area contributed by atoms with Gasteiger partial charge < -0.3 is 25.0 Å². The van der Waals surface area contributed by atoms with Gasteiger partial charge in [0.2, 0.25) is 11.8 Å². The van der Waals surface area contributed by atoms with E-state index in [2.05, 4.69) is 20.3 Å². The van der Waals surface area contributed by atoms with E-state index in [0.717, 1.165) is 16.3 Å². The lowest BCUT2D eigenvalue weighted by Crippen LogP contribution is -2.49. The van der Waals surface area contributed by atoms with Crippen molar-refractivity contribution in [2.75, 3.05) is 32.6 Å². The molecule has 0 aliphatic heterocycles. The molecule has 4 aromatic rings. The highest BCUT2D eigenvalue weighted by Crippen LogP contribution is 2.16. The Labute approximate surface area is 243 Å². The highest BCUT2D eigenvalue weighted by Gasteiger charge is 2.25. The van der Waals surface area contributed by atoms with Crippen LogP contribution in [0.3, 0.4) is 0 Å². The number of thiazole rings is 1. The van der Waals surface area contributed by atoms with Gasteiger partial charge >= 0.3 is 0 Å². The third kappa shape index (κ3) is 8.09. The molecule has 0 bridgehead atoms. The number of carbonyl (C=O) groups is 2. The maximum Gasteiger partial charge on any atom is 0.253 e. The third-order valence-corrected chi connectivity index (χ3v) is 7.42. The molecule has 2 heterocycles. The minimum atomic E-state index is -0.961. The Kier molecular flexibility index (Phi) is 9.99. The van der Waals surface area contributed by atoms with Crippen molar-refractivity contribution in [2.24, 2.45) is 0 Å². The molecule has 2 N–H and O–H groups in total. The number of likely N-dealkylation sites (N-methyl/N-ethyl adjacent to an activating group) is 1. The van der Waals surface area contributed by atoms with Crippen LogP contribution >= 0.6 is 11.3 Å². The quantitative estimate of drug-likeness (QED) is 0.264. The lowest BCUT2D eigenvalue weighted by molar-refractivity contribution is 0.0785. The summed E-state index contributed by atoms with van der Waals surface area (Å²) in [6, 6.07) is 17.2. The van der Waals surface area contributed by atoms with Crippen molar-refractivity contribution in [1.29, 1.82) is 0 Å². The molecule has 214 valence electrons. The lowest BCUT2D eigenvalue weighted by atomic mass is 10.00. The van der Waals surface area contributed by atoms with E-state index in [1.165, 1.54) is 18.4 Å². The van der Waals surface area contributed by atoms with E-state index in [-0.39, 0.29) is 12.5 Å². The second-order valence-corrected chi connectivity index (χ2v) is 10.7. The lowest BCUT2D eigenvalue weighted by Gasteiger charge is -2.28. The van der Waals surface area contributed by atoms with Gasteiger partial charge in [-0.2, -0.15) is 4.98 Å². The van der Waals surface area contributed by atoms with E-state index in [4.69, 9.17) is 4.74 Å². The molecule has 2 aromatic carbocycles. The number of rotatable bonds is 12. The van der Waals surface area contributed by atoms with Crippen LogP contribution in [0.1, 0.15) is 37.0 Å². The molecule has 10 nitrogen and oxygen atoms in total. The van der Waals surface area contributed by atoms with Gasteiger partial charge in [-0.15, -0.1) is 11.3 Å². The summed E-state index contributed by atoms with van der Waals surface area (Å²) in [5.41, 5.74) is 2.59. The first-order chi connectivity index (χ1) is 19.7. The summed E-state index contributed by atoms with van der Waals surface area (Å²) in [7, 11) is 4.99. The van der Waals surface area contributed by atoms with Crippen LogP contribution in [0.4, 0.5) is 5.95 Å². The van der Waals surface area contributed by atoms with Crippen molar-refractivity contribution < 1.29 is 19.4 Å². The molecule has 4 rings (SSSR count). The van der Waals surface area contributed by atoms with Crippen molar-refractivity contribution in [2.45, 2.75) is 32.0 Å². The number of nitrogens with one attached hydrogen (secondary N) is 1. The first-order valence-electron chi connectivity index (χ1n) is 13.1. The molecule has 0 aliphatic rings. The van der Waals surface area contributed by atoms with Crippen molar-refractivity contribution >= 4 is 29.1 Å². The number of nitrogens with zero attached hydrogens (tertiary/aromatic N) is 5. The van der Waals surface area contributed by atoms with Crippen molar-refractivity contribution in [1.82, 2.24) is 25.2 Å². The number of carbonyl (C=O) groups excluding carboxylic acids is 2. The number of anilines is 1. The zero-order chi connectivity index (χ0) is 29.4. The van der Waals surface area contributed by atoms with Crippen LogP contribution < -0.4 is 15.0 Å². The number of aryl methyl sites for hydroxylation is 1. The highest BCUT2D eigenvalue weighted by atomic mass is 32.1. The van der Waals surface area contributed by atoms with Crippen LogP contribution in [0.15, 0.2) is 72.2 Å². The van der Waals surface area contributed by atoms with Crippen molar-refractivity contribution in [3.05, 3.63) is 99.6 Å². The summed E-state index contributed by atoms with van der Waals surface area (Å²) in [6.45, 7) is 2.45. The summed E-state index contributed by atoms with van der Waals surface area (Å²) >= 11 is 1.50.